The van der Waals surface area contributed by atoms with E-state index in [1.807, 2.05) is 39.0 Å². The molecule has 0 aliphatic rings. The predicted molar refractivity (Wildman–Crippen MR) is 116 cm³/mol. The highest BCUT2D eigenvalue weighted by Gasteiger charge is 2.25. The number of nitrogens with zero attached hydrogens (tertiary/aromatic N) is 2. The van der Waals surface area contributed by atoms with Crippen molar-refractivity contribution in [1.29, 1.82) is 0 Å². The van der Waals surface area contributed by atoms with Crippen LogP contribution in [-0.2, 0) is 7.05 Å². The van der Waals surface area contributed by atoms with Crippen LogP contribution in [0.15, 0.2) is 42.5 Å². The Labute approximate surface area is 179 Å². The fourth-order valence-electron chi connectivity index (χ4n) is 2.90. The number of rotatable bonds is 3. The van der Waals surface area contributed by atoms with E-state index in [0.29, 0.717) is 26.6 Å². The van der Waals surface area contributed by atoms with Gasteiger partial charge in [-0.2, -0.15) is 0 Å². The van der Waals surface area contributed by atoms with Crippen LogP contribution in [0, 0.1) is 0 Å². The maximum Gasteiger partial charge on any atom is 0.287 e. The van der Waals surface area contributed by atoms with Gasteiger partial charge in [-0.15, -0.1) is 0 Å². The van der Waals surface area contributed by atoms with Gasteiger partial charge < -0.3 is 9.88 Å². The molecular weight excluding hydrogens is 417 g/mol. The molecule has 0 aliphatic carbocycles. The number of amides is 1. The van der Waals surface area contributed by atoms with Gasteiger partial charge in [-0.05, 0) is 51.1 Å². The molecule has 4 nitrogen and oxygen atoms in total. The number of nitrogens with one attached hydrogen (secondary N) is 1. The summed E-state index contributed by atoms with van der Waals surface area (Å²) in [6.07, 6.45) is 0. The highest BCUT2D eigenvalue weighted by atomic mass is 35.5. The molecule has 3 rings (SSSR count). The normalized spacial score (nSPS) is 11.5. The van der Waals surface area contributed by atoms with E-state index < -0.39 is 0 Å². The quantitative estimate of drug-likeness (QED) is 0.528. The molecule has 1 aromatic heterocycles. The van der Waals surface area contributed by atoms with Gasteiger partial charge in [-0.3, -0.25) is 4.79 Å². The Hall–Kier alpha value is -2.01. The molecule has 0 radical (unpaired) electrons. The summed E-state index contributed by atoms with van der Waals surface area (Å²) >= 11 is 18.6. The van der Waals surface area contributed by atoms with Crippen molar-refractivity contribution < 1.29 is 4.79 Å². The summed E-state index contributed by atoms with van der Waals surface area (Å²) in [5, 5.41) is 4.59. The van der Waals surface area contributed by atoms with Gasteiger partial charge in [-0.1, -0.05) is 46.9 Å². The van der Waals surface area contributed by atoms with Gasteiger partial charge in [0.05, 0.1) is 16.4 Å². The van der Waals surface area contributed by atoms with Crippen LogP contribution in [0.2, 0.25) is 15.1 Å². The van der Waals surface area contributed by atoms with Gasteiger partial charge >= 0.3 is 0 Å². The fourth-order valence-corrected chi connectivity index (χ4v) is 3.52. The monoisotopic (exact) mass is 435 g/mol. The number of benzene rings is 2. The van der Waals surface area contributed by atoms with Crippen LogP contribution in [0.1, 0.15) is 31.4 Å². The number of carbonyl (C=O) groups is 1. The molecule has 7 heteroatoms. The zero-order valence-corrected chi connectivity index (χ0v) is 18.2. The molecule has 2 aromatic carbocycles. The molecule has 0 aliphatic heterocycles. The summed E-state index contributed by atoms with van der Waals surface area (Å²) in [4.78, 5) is 17.5. The molecule has 0 unspecified atom stereocenters. The molecule has 1 heterocycles. The minimum atomic E-state index is -0.387. The number of imidazole rings is 1. The Kier molecular flexibility index (Phi) is 5.76. The van der Waals surface area contributed by atoms with Gasteiger partial charge in [0.15, 0.2) is 5.82 Å². The summed E-state index contributed by atoms with van der Waals surface area (Å²) in [6, 6.07) is 12.6. The Morgan fingerprint density at radius 1 is 1.00 bits per heavy atom. The lowest BCUT2D eigenvalue weighted by atomic mass is 10.0. The molecule has 3 aromatic rings. The molecule has 0 fully saturated rings. The van der Waals surface area contributed by atoms with Crippen molar-refractivity contribution in [1.82, 2.24) is 14.9 Å². The average molecular weight is 437 g/mol. The summed E-state index contributed by atoms with van der Waals surface area (Å²) in [5.41, 5.74) is 2.55. The molecule has 0 saturated carbocycles. The second-order valence-electron chi connectivity index (χ2n) is 7.53. The Balaban J connectivity index is 2.23. The van der Waals surface area contributed by atoms with Crippen LogP contribution in [0.4, 0.5) is 0 Å². The van der Waals surface area contributed by atoms with Crippen LogP contribution < -0.4 is 5.32 Å². The highest BCUT2D eigenvalue weighted by molar-refractivity contribution is 6.36. The number of hydrogen-bond donors (Lipinski definition) is 1. The van der Waals surface area contributed by atoms with E-state index in [9.17, 15) is 4.79 Å². The van der Waals surface area contributed by atoms with Gasteiger partial charge in [0.1, 0.15) is 0 Å². The topological polar surface area (TPSA) is 46.9 Å². The summed E-state index contributed by atoms with van der Waals surface area (Å²) < 4.78 is 1.75. The molecule has 146 valence electrons. The van der Waals surface area contributed by atoms with Crippen LogP contribution in [0.3, 0.4) is 0 Å². The molecule has 1 N–H and O–H groups in total. The Bertz CT molecular complexity index is 1030. The minimum absolute atomic E-state index is 0.262. The molecular formula is C21H20Cl3N3O. The first-order valence-corrected chi connectivity index (χ1v) is 9.81. The zero-order chi connectivity index (χ0) is 20.6. The maximum absolute atomic E-state index is 12.8. The van der Waals surface area contributed by atoms with Crippen molar-refractivity contribution in [2.45, 2.75) is 26.3 Å². The first kappa shape index (κ1) is 20.7. The Morgan fingerprint density at radius 3 is 2.18 bits per heavy atom. The second kappa shape index (κ2) is 7.78. The van der Waals surface area contributed by atoms with Crippen LogP contribution in [0.5, 0.6) is 0 Å². The van der Waals surface area contributed by atoms with Crippen molar-refractivity contribution in [2.24, 2.45) is 7.05 Å². The molecule has 1 amide bonds. The third-order valence-corrected chi connectivity index (χ3v) is 4.89. The van der Waals surface area contributed by atoms with Crippen LogP contribution >= 0.6 is 34.8 Å². The third kappa shape index (κ3) is 4.35. The van der Waals surface area contributed by atoms with E-state index in [2.05, 4.69) is 10.3 Å². The van der Waals surface area contributed by atoms with E-state index in [-0.39, 0.29) is 11.4 Å². The highest BCUT2D eigenvalue weighted by Crippen LogP contribution is 2.37. The van der Waals surface area contributed by atoms with Crippen molar-refractivity contribution >= 4 is 40.7 Å². The zero-order valence-electron chi connectivity index (χ0n) is 16.0. The van der Waals surface area contributed by atoms with Gasteiger partial charge in [-0.25, -0.2) is 4.98 Å². The molecule has 28 heavy (non-hydrogen) atoms. The predicted octanol–water partition coefficient (Wildman–Crippen LogP) is 6.24. The van der Waals surface area contributed by atoms with Gasteiger partial charge in [0.2, 0.25) is 0 Å². The van der Waals surface area contributed by atoms with Gasteiger partial charge in [0, 0.05) is 33.8 Å². The average Bonchev–Trinajstić information content (AvgIpc) is 2.92. The minimum Gasteiger partial charge on any atom is -0.345 e. The van der Waals surface area contributed by atoms with Crippen molar-refractivity contribution in [3.63, 3.8) is 0 Å². The van der Waals surface area contributed by atoms with Crippen LogP contribution in [0.25, 0.3) is 22.5 Å². The number of hydrogen-bond acceptors (Lipinski definition) is 2. The maximum atomic E-state index is 12.8. The fraction of sp³-hybridized carbons (Fsp3) is 0.238. The summed E-state index contributed by atoms with van der Waals surface area (Å²) in [7, 11) is 1.80. The lowest BCUT2D eigenvalue weighted by Crippen LogP contribution is -2.41. The largest absolute Gasteiger partial charge is 0.345 e. The first-order chi connectivity index (χ1) is 13.1. The first-order valence-electron chi connectivity index (χ1n) is 8.67. The SMILES string of the molecule is Cn1c(C(=O)NC(C)(C)C)nc(-c2ccc(Cl)cc2)c1-c1ccc(Cl)cc1Cl. The number of aromatic nitrogens is 2. The van der Waals surface area contributed by atoms with E-state index >= 15 is 0 Å². The van der Waals surface area contributed by atoms with E-state index in [4.69, 9.17) is 34.8 Å². The smallest absolute Gasteiger partial charge is 0.287 e. The number of halogens is 3. The van der Waals surface area contributed by atoms with E-state index in [1.54, 1.807) is 35.9 Å². The number of carbonyl (C=O) groups excluding carboxylic acids is 1. The van der Waals surface area contributed by atoms with Crippen molar-refractivity contribution in [3.8, 4) is 22.5 Å². The summed E-state index contributed by atoms with van der Waals surface area (Å²) in [5.74, 6) is 0.0300. The van der Waals surface area contributed by atoms with Crippen molar-refractivity contribution in [3.05, 3.63) is 63.4 Å². The molecule has 0 spiro atoms. The second-order valence-corrected chi connectivity index (χ2v) is 8.81. The molecule has 0 saturated heterocycles. The Morgan fingerprint density at radius 2 is 1.61 bits per heavy atom. The molecule has 0 atom stereocenters. The van der Waals surface area contributed by atoms with Gasteiger partial charge in [0.25, 0.3) is 5.91 Å². The van der Waals surface area contributed by atoms with E-state index in [1.165, 1.54) is 0 Å². The third-order valence-electron chi connectivity index (χ3n) is 4.09. The lowest BCUT2D eigenvalue weighted by molar-refractivity contribution is 0.0906. The van der Waals surface area contributed by atoms with Crippen molar-refractivity contribution in [2.75, 3.05) is 0 Å². The summed E-state index contributed by atoms with van der Waals surface area (Å²) in [6.45, 7) is 5.76. The molecule has 0 bridgehead atoms. The van der Waals surface area contributed by atoms with Crippen LogP contribution in [-0.4, -0.2) is 21.0 Å². The standard InChI is InChI=1S/C21H20Cl3N3O/c1-21(2,3)26-20(28)19-25-17(12-5-7-13(22)8-6-12)18(27(19)4)15-10-9-14(23)11-16(15)24/h5-11H,1-4H3,(H,26,28). The lowest BCUT2D eigenvalue weighted by Gasteiger charge is -2.20. The van der Waals surface area contributed by atoms with E-state index in [0.717, 1.165) is 16.8 Å².